The van der Waals surface area contributed by atoms with Crippen LogP contribution in [0, 0.1) is 0 Å². The van der Waals surface area contributed by atoms with Crippen molar-refractivity contribution in [3.05, 3.63) is 22.4 Å². The monoisotopic (exact) mass is 310 g/mol. The maximum absolute atomic E-state index is 12.4. The molecule has 2 rings (SSSR count). The molecular formula is C15H22N2O3S. The molecule has 1 saturated carbocycles. The molecule has 1 aromatic rings. The minimum Gasteiger partial charge on any atom is -0.395 e. The molecule has 0 aromatic carbocycles. The molecule has 0 saturated heterocycles. The highest BCUT2D eigenvalue weighted by Crippen LogP contribution is 2.23. The Hall–Kier alpha value is -1.40. The second kappa shape index (κ2) is 7.56. The van der Waals surface area contributed by atoms with Gasteiger partial charge in [-0.3, -0.25) is 9.59 Å². The van der Waals surface area contributed by atoms with Gasteiger partial charge in [0.2, 0.25) is 5.91 Å². The lowest BCUT2D eigenvalue weighted by molar-refractivity contribution is -0.134. The Balaban J connectivity index is 1.95. The summed E-state index contributed by atoms with van der Waals surface area (Å²) in [4.78, 5) is 28.4. The fraction of sp³-hybridized carbons (Fsp3) is 0.600. The molecule has 0 spiro atoms. The molecule has 5 nitrogen and oxygen atoms in total. The molecule has 1 aliphatic rings. The highest BCUT2D eigenvalue weighted by atomic mass is 32.1. The van der Waals surface area contributed by atoms with E-state index in [0.29, 0.717) is 11.4 Å². The third-order valence-corrected chi connectivity index (χ3v) is 4.74. The SMILES string of the molecule is CN(CC(=O)N(CCO)C1CCCC1)C(=O)c1cccs1. The summed E-state index contributed by atoms with van der Waals surface area (Å²) < 4.78 is 0. The summed E-state index contributed by atoms with van der Waals surface area (Å²) in [5.41, 5.74) is 0. The lowest BCUT2D eigenvalue weighted by Gasteiger charge is -2.30. The van der Waals surface area contributed by atoms with Crippen molar-refractivity contribution in [1.82, 2.24) is 9.80 Å². The summed E-state index contributed by atoms with van der Waals surface area (Å²) in [7, 11) is 1.64. The van der Waals surface area contributed by atoms with Crippen molar-refractivity contribution in [2.24, 2.45) is 0 Å². The van der Waals surface area contributed by atoms with Gasteiger partial charge >= 0.3 is 0 Å². The molecular weight excluding hydrogens is 288 g/mol. The van der Waals surface area contributed by atoms with Crippen LogP contribution in [0.3, 0.4) is 0 Å². The first-order valence-electron chi connectivity index (χ1n) is 7.32. The molecule has 0 atom stereocenters. The quantitative estimate of drug-likeness (QED) is 0.868. The van der Waals surface area contributed by atoms with Crippen LogP contribution in [-0.4, -0.2) is 59.5 Å². The molecule has 1 heterocycles. The largest absolute Gasteiger partial charge is 0.395 e. The van der Waals surface area contributed by atoms with Crippen molar-refractivity contribution in [3.8, 4) is 0 Å². The minimum atomic E-state index is -0.131. The Morgan fingerprint density at radius 3 is 2.67 bits per heavy atom. The van der Waals surface area contributed by atoms with E-state index < -0.39 is 0 Å². The number of carbonyl (C=O) groups is 2. The van der Waals surface area contributed by atoms with E-state index in [1.165, 1.54) is 16.2 Å². The van der Waals surface area contributed by atoms with Gasteiger partial charge in [-0.2, -0.15) is 0 Å². The summed E-state index contributed by atoms with van der Waals surface area (Å²) in [6.07, 6.45) is 4.25. The normalized spacial score (nSPS) is 15.1. The number of amides is 2. The molecule has 116 valence electrons. The topological polar surface area (TPSA) is 60.9 Å². The van der Waals surface area contributed by atoms with Crippen molar-refractivity contribution >= 4 is 23.2 Å². The van der Waals surface area contributed by atoms with Gasteiger partial charge in [0.1, 0.15) is 0 Å². The van der Waals surface area contributed by atoms with E-state index in [-0.39, 0.29) is 31.0 Å². The number of thiophene rings is 1. The van der Waals surface area contributed by atoms with Gasteiger partial charge < -0.3 is 14.9 Å². The first-order valence-corrected chi connectivity index (χ1v) is 8.20. The Labute approximate surface area is 129 Å². The number of aliphatic hydroxyl groups excluding tert-OH is 1. The fourth-order valence-corrected chi connectivity index (χ4v) is 3.51. The third kappa shape index (κ3) is 4.04. The summed E-state index contributed by atoms with van der Waals surface area (Å²) in [6, 6.07) is 3.80. The van der Waals surface area contributed by atoms with Gasteiger partial charge in [-0.1, -0.05) is 18.9 Å². The van der Waals surface area contributed by atoms with E-state index in [4.69, 9.17) is 5.11 Å². The first-order chi connectivity index (χ1) is 10.1. The minimum absolute atomic E-state index is 0.0369. The number of hydrogen-bond donors (Lipinski definition) is 1. The zero-order valence-electron chi connectivity index (χ0n) is 12.3. The number of carbonyl (C=O) groups excluding carboxylic acids is 2. The molecule has 0 bridgehead atoms. The van der Waals surface area contributed by atoms with Crippen LogP contribution in [-0.2, 0) is 4.79 Å². The Kier molecular flexibility index (Phi) is 5.76. The lowest BCUT2D eigenvalue weighted by Crippen LogP contribution is -2.46. The molecule has 0 unspecified atom stereocenters. The van der Waals surface area contributed by atoms with Crippen molar-refractivity contribution in [2.45, 2.75) is 31.7 Å². The van der Waals surface area contributed by atoms with Gasteiger partial charge in [0.25, 0.3) is 5.91 Å². The van der Waals surface area contributed by atoms with Crippen LogP contribution >= 0.6 is 11.3 Å². The van der Waals surface area contributed by atoms with Crippen molar-refractivity contribution < 1.29 is 14.7 Å². The van der Waals surface area contributed by atoms with Gasteiger partial charge in [0.05, 0.1) is 18.0 Å². The Morgan fingerprint density at radius 1 is 1.38 bits per heavy atom. The zero-order chi connectivity index (χ0) is 15.2. The number of nitrogens with zero attached hydrogens (tertiary/aromatic N) is 2. The van der Waals surface area contributed by atoms with Crippen LogP contribution in [0.25, 0.3) is 0 Å². The van der Waals surface area contributed by atoms with E-state index in [2.05, 4.69) is 0 Å². The predicted molar refractivity (Wildman–Crippen MR) is 82.3 cm³/mol. The lowest BCUT2D eigenvalue weighted by atomic mass is 10.2. The second-order valence-electron chi connectivity index (χ2n) is 5.39. The van der Waals surface area contributed by atoms with E-state index in [1.807, 2.05) is 11.4 Å². The average Bonchev–Trinajstić information content (AvgIpc) is 3.16. The van der Waals surface area contributed by atoms with Crippen LogP contribution in [0.5, 0.6) is 0 Å². The van der Waals surface area contributed by atoms with Gasteiger partial charge in [-0.05, 0) is 24.3 Å². The number of rotatable bonds is 6. The van der Waals surface area contributed by atoms with Crippen molar-refractivity contribution in [2.75, 3.05) is 26.7 Å². The van der Waals surface area contributed by atoms with Crippen molar-refractivity contribution in [1.29, 1.82) is 0 Å². The summed E-state index contributed by atoms with van der Waals surface area (Å²) in [6.45, 7) is 0.378. The molecule has 1 N–H and O–H groups in total. The maximum Gasteiger partial charge on any atom is 0.264 e. The van der Waals surface area contributed by atoms with E-state index in [0.717, 1.165) is 25.7 Å². The van der Waals surface area contributed by atoms with Crippen molar-refractivity contribution in [3.63, 3.8) is 0 Å². The number of hydrogen-bond acceptors (Lipinski definition) is 4. The predicted octanol–water partition coefficient (Wildman–Crippen LogP) is 1.58. The second-order valence-corrected chi connectivity index (χ2v) is 6.34. The van der Waals surface area contributed by atoms with E-state index in [1.54, 1.807) is 18.0 Å². The molecule has 1 aromatic heterocycles. The Morgan fingerprint density at radius 2 is 2.10 bits per heavy atom. The molecule has 0 aliphatic heterocycles. The summed E-state index contributed by atoms with van der Waals surface area (Å²) in [5.74, 6) is -0.211. The van der Waals surface area contributed by atoms with Gasteiger partial charge in [0, 0.05) is 19.6 Å². The summed E-state index contributed by atoms with van der Waals surface area (Å²) >= 11 is 1.37. The maximum atomic E-state index is 12.4. The number of likely N-dealkylation sites (N-methyl/N-ethyl adjacent to an activating group) is 1. The molecule has 6 heteroatoms. The van der Waals surface area contributed by atoms with Crippen LogP contribution in [0.4, 0.5) is 0 Å². The average molecular weight is 310 g/mol. The molecule has 1 fully saturated rings. The molecule has 1 aliphatic carbocycles. The third-order valence-electron chi connectivity index (χ3n) is 3.88. The van der Waals surface area contributed by atoms with Crippen LogP contribution in [0.2, 0.25) is 0 Å². The van der Waals surface area contributed by atoms with Crippen LogP contribution in [0.1, 0.15) is 35.4 Å². The first kappa shape index (κ1) is 16.0. The van der Waals surface area contributed by atoms with E-state index >= 15 is 0 Å². The molecule has 2 amide bonds. The van der Waals surface area contributed by atoms with Gasteiger partial charge in [0.15, 0.2) is 0 Å². The van der Waals surface area contributed by atoms with Gasteiger partial charge in [-0.25, -0.2) is 0 Å². The van der Waals surface area contributed by atoms with Crippen LogP contribution < -0.4 is 0 Å². The number of aliphatic hydroxyl groups is 1. The highest BCUT2D eigenvalue weighted by Gasteiger charge is 2.27. The fourth-order valence-electron chi connectivity index (χ4n) is 2.79. The zero-order valence-corrected chi connectivity index (χ0v) is 13.1. The summed E-state index contributed by atoms with van der Waals surface area (Å²) in [5, 5.41) is 11.0. The molecule has 0 radical (unpaired) electrons. The van der Waals surface area contributed by atoms with Crippen LogP contribution in [0.15, 0.2) is 17.5 Å². The molecule has 21 heavy (non-hydrogen) atoms. The standard InChI is InChI=1S/C15H22N2O3S/c1-16(15(20)13-7-4-10-21-13)11-14(19)17(8-9-18)12-5-2-3-6-12/h4,7,10,12,18H,2-3,5-6,8-9,11H2,1H3. The highest BCUT2D eigenvalue weighted by molar-refractivity contribution is 7.12. The van der Waals surface area contributed by atoms with E-state index in [9.17, 15) is 9.59 Å². The van der Waals surface area contributed by atoms with Gasteiger partial charge in [-0.15, -0.1) is 11.3 Å². The Bertz CT molecular complexity index is 469. The smallest absolute Gasteiger partial charge is 0.264 e.